The number of thioether (sulfide) groups is 1. The fourth-order valence-corrected chi connectivity index (χ4v) is 4.94. The maximum Gasteiger partial charge on any atom is 0.214 e. The van der Waals surface area contributed by atoms with Crippen molar-refractivity contribution in [2.45, 2.75) is 30.5 Å². The molecule has 0 N–H and O–H groups in total. The molecule has 2 heterocycles. The normalized spacial score (nSPS) is 18.8. The summed E-state index contributed by atoms with van der Waals surface area (Å²) in [5.41, 5.74) is 4.16. The first kappa shape index (κ1) is 22.0. The average molecular weight is 481 g/mol. The maximum atomic E-state index is 6.47. The first-order valence-corrected chi connectivity index (χ1v) is 12.5. The Morgan fingerprint density at radius 2 is 1.91 bits per heavy atom. The third-order valence-corrected chi connectivity index (χ3v) is 6.93. The lowest BCUT2D eigenvalue weighted by Gasteiger charge is -2.38. The van der Waals surface area contributed by atoms with Crippen LogP contribution in [-0.4, -0.2) is 30.7 Å². The molecule has 0 saturated heterocycles. The Morgan fingerprint density at radius 3 is 2.64 bits per heavy atom. The molecule has 170 valence electrons. The lowest BCUT2D eigenvalue weighted by Crippen LogP contribution is -2.33. The van der Waals surface area contributed by atoms with Gasteiger partial charge in [0.05, 0.1) is 25.5 Å². The van der Waals surface area contributed by atoms with Crippen LogP contribution in [0.1, 0.15) is 42.3 Å². The van der Waals surface area contributed by atoms with Gasteiger partial charge in [-0.25, -0.2) is 5.01 Å². The molecule has 5 rings (SSSR count). The molecule has 3 aromatic rings. The van der Waals surface area contributed by atoms with E-state index in [4.69, 9.17) is 30.9 Å². The monoisotopic (exact) mass is 480 g/mol. The summed E-state index contributed by atoms with van der Waals surface area (Å²) < 4.78 is 17.8. The van der Waals surface area contributed by atoms with Crippen molar-refractivity contribution in [3.05, 3.63) is 82.4 Å². The first-order valence-electron chi connectivity index (χ1n) is 10.9. The van der Waals surface area contributed by atoms with Gasteiger partial charge in [-0.2, -0.15) is 5.10 Å². The summed E-state index contributed by atoms with van der Waals surface area (Å²) in [6, 6.07) is 20.3. The summed E-state index contributed by atoms with van der Waals surface area (Å²) in [6.45, 7) is 2.51. The molecule has 5 nitrogen and oxygen atoms in total. The first-order chi connectivity index (χ1) is 16.1. The largest absolute Gasteiger partial charge is 0.493 e. The van der Waals surface area contributed by atoms with E-state index in [2.05, 4.69) is 30.5 Å². The fraction of sp³-hybridized carbons (Fsp3) is 0.269. The van der Waals surface area contributed by atoms with Crippen molar-refractivity contribution < 1.29 is 14.2 Å². The third-order valence-electron chi connectivity index (χ3n) is 5.95. The molecule has 0 radical (unpaired) electrons. The van der Waals surface area contributed by atoms with Crippen LogP contribution in [0.4, 0.5) is 0 Å². The molecular weight excluding hydrogens is 456 g/mol. The van der Waals surface area contributed by atoms with Gasteiger partial charge in [-0.3, -0.25) is 0 Å². The predicted octanol–water partition coefficient (Wildman–Crippen LogP) is 6.71. The number of hydrazone groups is 1. The van der Waals surface area contributed by atoms with Gasteiger partial charge in [0, 0.05) is 27.5 Å². The SMILES string of the molecule is CCOc1cc(C2Oc3ccc(Cl)cc3C3CC(c4ccc(SC)cc4)=NN32)ccc1OC. The number of nitrogens with zero attached hydrogens (tertiary/aromatic N) is 2. The van der Waals surface area contributed by atoms with Crippen LogP contribution in [0.25, 0.3) is 0 Å². The quantitative estimate of drug-likeness (QED) is 0.367. The highest BCUT2D eigenvalue weighted by Gasteiger charge is 2.41. The molecule has 2 atom stereocenters. The van der Waals surface area contributed by atoms with Crippen molar-refractivity contribution in [3.63, 3.8) is 0 Å². The third kappa shape index (κ3) is 4.13. The summed E-state index contributed by atoms with van der Waals surface area (Å²) in [7, 11) is 1.64. The van der Waals surface area contributed by atoms with Gasteiger partial charge in [-0.15, -0.1) is 11.8 Å². The second-order valence-corrected chi connectivity index (χ2v) is 9.19. The number of benzene rings is 3. The standard InChI is InChI=1S/C26H25ClN2O3S/c1-4-31-25-13-17(7-11-24(25)30-2)26-29-22(20-14-18(27)8-12-23(20)32-26)15-21(28-29)16-5-9-19(33-3)10-6-16/h5-14,22,26H,4,15H2,1-3H3. The summed E-state index contributed by atoms with van der Waals surface area (Å²) >= 11 is 8.08. The van der Waals surface area contributed by atoms with Gasteiger partial charge < -0.3 is 14.2 Å². The summed E-state index contributed by atoms with van der Waals surface area (Å²) in [5, 5.41) is 7.78. The molecule has 7 heteroatoms. The van der Waals surface area contributed by atoms with Gasteiger partial charge in [-0.05, 0) is 67.3 Å². The van der Waals surface area contributed by atoms with E-state index in [0.29, 0.717) is 23.1 Å². The van der Waals surface area contributed by atoms with Crippen molar-refractivity contribution >= 4 is 29.1 Å². The minimum absolute atomic E-state index is 0.0327. The van der Waals surface area contributed by atoms with Crippen LogP contribution >= 0.6 is 23.4 Å². The summed E-state index contributed by atoms with van der Waals surface area (Å²) in [4.78, 5) is 1.23. The number of rotatable bonds is 6. The smallest absolute Gasteiger partial charge is 0.214 e. The molecule has 0 amide bonds. The Bertz CT molecular complexity index is 1200. The highest BCUT2D eigenvalue weighted by molar-refractivity contribution is 7.98. The van der Waals surface area contributed by atoms with Gasteiger partial charge >= 0.3 is 0 Å². The van der Waals surface area contributed by atoms with Gasteiger partial charge in [0.1, 0.15) is 5.75 Å². The Labute approximate surface area is 203 Å². The molecular formula is C26H25ClN2O3S. The molecule has 33 heavy (non-hydrogen) atoms. The number of hydrogen-bond donors (Lipinski definition) is 0. The molecule has 0 bridgehead atoms. The van der Waals surface area contributed by atoms with E-state index in [0.717, 1.165) is 34.6 Å². The van der Waals surface area contributed by atoms with Gasteiger partial charge in [0.15, 0.2) is 11.5 Å². The molecule has 2 unspecified atom stereocenters. The molecule has 2 aliphatic rings. The van der Waals surface area contributed by atoms with Crippen LogP contribution in [-0.2, 0) is 0 Å². The van der Waals surface area contributed by atoms with E-state index in [9.17, 15) is 0 Å². The van der Waals surface area contributed by atoms with E-state index in [1.54, 1.807) is 18.9 Å². The van der Waals surface area contributed by atoms with E-state index in [-0.39, 0.29) is 6.04 Å². The van der Waals surface area contributed by atoms with Crippen molar-refractivity contribution in [2.75, 3.05) is 20.0 Å². The zero-order chi connectivity index (χ0) is 22.9. The van der Waals surface area contributed by atoms with Crippen molar-refractivity contribution in [3.8, 4) is 17.2 Å². The number of hydrogen-bond acceptors (Lipinski definition) is 6. The van der Waals surface area contributed by atoms with Crippen molar-refractivity contribution in [1.82, 2.24) is 5.01 Å². The van der Waals surface area contributed by atoms with E-state index < -0.39 is 6.23 Å². The molecule has 0 spiro atoms. The van der Waals surface area contributed by atoms with Gasteiger partial charge in [0.25, 0.3) is 0 Å². The maximum absolute atomic E-state index is 6.47. The second-order valence-electron chi connectivity index (χ2n) is 7.87. The van der Waals surface area contributed by atoms with Crippen molar-refractivity contribution in [2.24, 2.45) is 5.10 Å². The topological polar surface area (TPSA) is 43.3 Å². The van der Waals surface area contributed by atoms with E-state index >= 15 is 0 Å². The highest BCUT2D eigenvalue weighted by Crippen LogP contribution is 2.49. The number of halogens is 1. The van der Waals surface area contributed by atoms with Crippen molar-refractivity contribution in [1.29, 1.82) is 0 Å². The number of fused-ring (bicyclic) bond motifs is 3. The molecule has 0 aliphatic carbocycles. The molecule has 0 fully saturated rings. The second kappa shape index (κ2) is 9.20. The Balaban J connectivity index is 1.57. The van der Waals surface area contributed by atoms with Crippen LogP contribution < -0.4 is 14.2 Å². The van der Waals surface area contributed by atoms with Crippen LogP contribution in [0.2, 0.25) is 5.02 Å². The summed E-state index contributed by atoms with van der Waals surface area (Å²) in [6.07, 6.45) is 2.47. The molecule has 0 saturated carbocycles. The molecule has 2 aliphatic heterocycles. The minimum Gasteiger partial charge on any atom is -0.493 e. The zero-order valence-electron chi connectivity index (χ0n) is 18.7. The van der Waals surface area contributed by atoms with Crippen LogP contribution in [0.15, 0.2) is 70.7 Å². The van der Waals surface area contributed by atoms with Crippen LogP contribution in [0.5, 0.6) is 17.2 Å². The Morgan fingerprint density at radius 1 is 1.09 bits per heavy atom. The number of methoxy groups -OCH3 is 1. The Hall–Kier alpha value is -2.83. The average Bonchev–Trinajstić information content (AvgIpc) is 3.30. The predicted molar refractivity (Wildman–Crippen MR) is 133 cm³/mol. The minimum atomic E-state index is -0.392. The highest BCUT2D eigenvalue weighted by atomic mass is 35.5. The zero-order valence-corrected chi connectivity index (χ0v) is 20.3. The van der Waals surface area contributed by atoms with E-state index in [1.807, 2.05) is 48.3 Å². The van der Waals surface area contributed by atoms with E-state index in [1.165, 1.54) is 4.90 Å². The lowest BCUT2D eigenvalue weighted by molar-refractivity contribution is -0.0191. The fourth-order valence-electron chi connectivity index (χ4n) is 4.35. The van der Waals surface area contributed by atoms with Gasteiger partial charge in [0.2, 0.25) is 6.23 Å². The molecule has 3 aromatic carbocycles. The Kier molecular flexibility index (Phi) is 6.13. The van der Waals surface area contributed by atoms with Crippen LogP contribution in [0.3, 0.4) is 0 Å². The summed E-state index contributed by atoms with van der Waals surface area (Å²) in [5.74, 6) is 2.21. The lowest BCUT2D eigenvalue weighted by atomic mass is 9.96. The number of ether oxygens (including phenoxy) is 3. The van der Waals surface area contributed by atoms with Gasteiger partial charge in [-0.1, -0.05) is 23.7 Å². The van der Waals surface area contributed by atoms with Crippen LogP contribution in [0, 0.1) is 0 Å². The molecule has 0 aromatic heterocycles.